The molecule has 0 aliphatic carbocycles. The number of imidazole rings is 1. The Kier molecular flexibility index (Phi) is 5.49. The summed E-state index contributed by atoms with van der Waals surface area (Å²) in [5.74, 6) is 2.18. The molecule has 0 N–H and O–H groups in total. The number of hydrogen-bond donors (Lipinski definition) is 0. The predicted octanol–water partition coefficient (Wildman–Crippen LogP) is 2.95. The first kappa shape index (κ1) is 18.4. The molecule has 1 unspecified atom stereocenters. The van der Waals surface area contributed by atoms with Crippen molar-refractivity contribution in [3.8, 4) is 0 Å². The third kappa shape index (κ3) is 4.82. The maximum absolute atomic E-state index is 11.6. The number of benzene rings is 1. The summed E-state index contributed by atoms with van der Waals surface area (Å²) in [6, 6.07) is 8.30. The van der Waals surface area contributed by atoms with E-state index in [1.165, 1.54) is 11.8 Å². The number of rotatable bonds is 6. The lowest BCUT2D eigenvalue weighted by atomic mass is 10.0. The first-order valence-electron chi connectivity index (χ1n) is 9.16. The molecule has 1 aromatic heterocycles. The smallest absolute Gasteiger partial charge is 0.147 e. The largest absolute Gasteiger partial charge is 0.327 e. The van der Waals surface area contributed by atoms with Gasteiger partial charge in [0.2, 0.25) is 0 Å². The fraction of sp³-hybridized carbons (Fsp3) is 0.632. The van der Waals surface area contributed by atoms with Crippen molar-refractivity contribution in [2.24, 2.45) is 11.8 Å². The number of piperidine rings is 1. The molecule has 0 radical (unpaired) electrons. The Hall–Kier alpha value is -1.40. The highest BCUT2D eigenvalue weighted by atomic mass is 32.2. The van der Waals surface area contributed by atoms with Gasteiger partial charge < -0.3 is 4.57 Å². The number of sulfone groups is 1. The fourth-order valence-corrected chi connectivity index (χ4v) is 5.00. The van der Waals surface area contributed by atoms with E-state index in [0.717, 1.165) is 50.4 Å². The quantitative estimate of drug-likeness (QED) is 0.792. The summed E-state index contributed by atoms with van der Waals surface area (Å²) in [4.78, 5) is 7.23. The van der Waals surface area contributed by atoms with Crippen LogP contribution in [0.2, 0.25) is 0 Å². The topological polar surface area (TPSA) is 55.2 Å². The van der Waals surface area contributed by atoms with Crippen LogP contribution in [0.4, 0.5) is 0 Å². The Bertz CT molecular complexity index is 826. The average Bonchev–Trinajstić information content (AvgIpc) is 2.83. The number of aromatic nitrogens is 2. The van der Waals surface area contributed by atoms with Crippen LogP contribution in [0.5, 0.6) is 0 Å². The molecule has 3 rings (SSSR count). The Morgan fingerprint density at radius 1 is 1.28 bits per heavy atom. The van der Waals surface area contributed by atoms with Gasteiger partial charge in [0, 0.05) is 19.3 Å². The number of fused-ring (bicyclic) bond motifs is 1. The van der Waals surface area contributed by atoms with Gasteiger partial charge >= 0.3 is 0 Å². The van der Waals surface area contributed by atoms with Crippen molar-refractivity contribution in [1.29, 1.82) is 0 Å². The summed E-state index contributed by atoms with van der Waals surface area (Å²) >= 11 is 0. The van der Waals surface area contributed by atoms with Gasteiger partial charge in [0.1, 0.15) is 15.7 Å². The Morgan fingerprint density at radius 3 is 2.76 bits per heavy atom. The van der Waals surface area contributed by atoms with Crippen LogP contribution in [0.15, 0.2) is 24.3 Å². The molecule has 25 heavy (non-hydrogen) atoms. The van der Waals surface area contributed by atoms with Crippen LogP contribution in [0.3, 0.4) is 0 Å². The molecule has 138 valence electrons. The van der Waals surface area contributed by atoms with Crippen molar-refractivity contribution in [1.82, 2.24) is 14.5 Å². The van der Waals surface area contributed by atoms with E-state index < -0.39 is 9.84 Å². The molecule has 0 spiro atoms. The van der Waals surface area contributed by atoms with Gasteiger partial charge in [-0.05, 0) is 43.4 Å². The average molecular weight is 364 g/mol. The molecule has 2 heterocycles. The standard InChI is InChI=1S/C19H29N3O2S/c1-15(2)11-22-18-9-5-4-8-17(18)20-19(22)13-21-10-6-7-16(12-21)14-25(3,23)24/h4-5,8-9,15-16H,6-7,10-14H2,1-3H3. The van der Waals surface area contributed by atoms with Crippen LogP contribution in [0.25, 0.3) is 11.0 Å². The maximum Gasteiger partial charge on any atom is 0.147 e. The van der Waals surface area contributed by atoms with E-state index >= 15 is 0 Å². The van der Waals surface area contributed by atoms with Crippen LogP contribution >= 0.6 is 0 Å². The number of para-hydroxylation sites is 2. The van der Waals surface area contributed by atoms with Crippen LogP contribution < -0.4 is 0 Å². The summed E-state index contributed by atoms with van der Waals surface area (Å²) in [5.41, 5.74) is 2.23. The van der Waals surface area contributed by atoms with Crippen LogP contribution in [0.1, 0.15) is 32.5 Å². The van der Waals surface area contributed by atoms with Gasteiger partial charge in [0.25, 0.3) is 0 Å². The van der Waals surface area contributed by atoms with Gasteiger partial charge in [-0.15, -0.1) is 0 Å². The molecule has 1 saturated heterocycles. The minimum atomic E-state index is -2.91. The van der Waals surface area contributed by atoms with Crippen LogP contribution in [-0.4, -0.2) is 48.0 Å². The second-order valence-electron chi connectivity index (χ2n) is 7.86. The minimum Gasteiger partial charge on any atom is -0.327 e. The van der Waals surface area contributed by atoms with Crippen molar-refractivity contribution in [3.05, 3.63) is 30.1 Å². The van der Waals surface area contributed by atoms with E-state index in [9.17, 15) is 8.42 Å². The normalized spacial score (nSPS) is 19.8. The third-order valence-electron chi connectivity index (χ3n) is 4.79. The molecule has 1 aliphatic rings. The fourth-order valence-electron chi connectivity index (χ4n) is 3.87. The second kappa shape index (κ2) is 7.46. The van der Waals surface area contributed by atoms with E-state index in [4.69, 9.17) is 4.98 Å². The summed E-state index contributed by atoms with van der Waals surface area (Å²) in [6.07, 6.45) is 3.41. The number of nitrogens with zero attached hydrogens (tertiary/aromatic N) is 3. The molecule has 1 atom stereocenters. The van der Waals surface area contributed by atoms with Crippen LogP contribution in [-0.2, 0) is 22.9 Å². The highest BCUT2D eigenvalue weighted by molar-refractivity contribution is 7.90. The highest BCUT2D eigenvalue weighted by Crippen LogP contribution is 2.23. The zero-order valence-electron chi connectivity index (χ0n) is 15.5. The summed E-state index contributed by atoms with van der Waals surface area (Å²) < 4.78 is 25.6. The van der Waals surface area contributed by atoms with Crippen LogP contribution in [0, 0.1) is 11.8 Å². The molecular formula is C19H29N3O2S. The monoisotopic (exact) mass is 363 g/mol. The molecule has 0 bridgehead atoms. The molecule has 1 aliphatic heterocycles. The molecule has 5 nitrogen and oxygen atoms in total. The molecule has 1 aromatic carbocycles. The van der Waals surface area contributed by atoms with Gasteiger partial charge in [-0.3, -0.25) is 4.90 Å². The van der Waals surface area contributed by atoms with Crippen molar-refractivity contribution >= 4 is 20.9 Å². The first-order valence-corrected chi connectivity index (χ1v) is 11.2. The van der Waals surface area contributed by atoms with E-state index in [2.05, 4.69) is 41.5 Å². The Balaban J connectivity index is 1.80. The lowest BCUT2D eigenvalue weighted by molar-refractivity contribution is 0.172. The van der Waals surface area contributed by atoms with Crippen molar-refractivity contribution in [3.63, 3.8) is 0 Å². The summed E-state index contributed by atoms with van der Waals surface area (Å²) in [7, 11) is -2.91. The van der Waals surface area contributed by atoms with Gasteiger partial charge in [0.15, 0.2) is 0 Å². The Labute approximate surface area is 151 Å². The predicted molar refractivity (Wildman–Crippen MR) is 102 cm³/mol. The SMILES string of the molecule is CC(C)Cn1c(CN2CCCC(CS(C)(=O)=O)C2)nc2ccccc21. The van der Waals surface area contributed by atoms with E-state index in [0.29, 0.717) is 11.7 Å². The Morgan fingerprint density at radius 2 is 2.04 bits per heavy atom. The first-order chi connectivity index (χ1) is 11.8. The number of likely N-dealkylation sites (tertiary alicyclic amines) is 1. The highest BCUT2D eigenvalue weighted by Gasteiger charge is 2.24. The van der Waals surface area contributed by atoms with E-state index in [1.807, 2.05) is 6.07 Å². The zero-order chi connectivity index (χ0) is 18.0. The third-order valence-corrected chi connectivity index (χ3v) is 5.86. The van der Waals surface area contributed by atoms with Gasteiger partial charge in [-0.25, -0.2) is 13.4 Å². The van der Waals surface area contributed by atoms with Gasteiger partial charge in [-0.2, -0.15) is 0 Å². The lowest BCUT2D eigenvalue weighted by Crippen LogP contribution is -2.38. The molecule has 0 saturated carbocycles. The lowest BCUT2D eigenvalue weighted by Gasteiger charge is -2.32. The van der Waals surface area contributed by atoms with Gasteiger partial charge in [0.05, 0.1) is 23.3 Å². The van der Waals surface area contributed by atoms with Gasteiger partial charge in [-0.1, -0.05) is 26.0 Å². The summed E-state index contributed by atoms with van der Waals surface area (Å²) in [6.45, 7) is 8.06. The molecule has 0 amide bonds. The zero-order valence-corrected chi connectivity index (χ0v) is 16.3. The van der Waals surface area contributed by atoms with E-state index in [-0.39, 0.29) is 5.92 Å². The molecule has 2 aromatic rings. The summed E-state index contributed by atoms with van der Waals surface area (Å²) in [5, 5.41) is 0. The molecular weight excluding hydrogens is 334 g/mol. The van der Waals surface area contributed by atoms with Crippen molar-refractivity contribution in [2.75, 3.05) is 25.1 Å². The maximum atomic E-state index is 11.6. The molecule has 1 fully saturated rings. The number of hydrogen-bond acceptors (Lipinski definition) is 4. The van der Waals surface area contributed by atoms with Crippen molar-refractivity contribution < 1.29 is 8.42 Å². The molecule has 6 heteroatoms. The second-order valence-corrected chi connectivity index (χ2v) is 10.0. The van der Waals surface area contributed by atoms with Crippen molar-refractivity contribution in [2.45, 2.75) is 39.8 Å². The minimum absolute atomic E-state index is 0.242. The van der Waals surface area contributed by atoms with E-state index in [1.54, 1.807) is 0 Å².